The second kappa shape index (κ2) is 8.82. The highest BCUT2D eigenvalue weighted by Gasteiger charge is 2.31. The summed E-state index contributed by atoms with van der Waals surface area (Å²) >= 11 is 6.14. The first-order valence-electron chi connectivity index (χ1n) is 9.79. The summed E-state index contributed by atoms with van der Waals surface area (Å²) in [6.45, 7) is 3.97. The minimum atomic E-state index is -0.830. The summed E-state index contributed by atoms with van der Waals surface area (Å²) in [6, 6.07) is 15.1. The first-order chi connectivity index (χ1) is 14.1. The number of H-pyrrole nitrogens is 1. The molecule has 0 spiro atoms. The number of carboxylic acid groups (broad SMARTS) is 1. The Morgan fingerprint density at radius 2 is 1.90 bits per heavy atom. The van der Waals surface area contributed by atoms with E-state index in [-0.39, 0.29) is 0 Å². The highest BCUT2D eigenvalue weighted by molar-refractivity contribution is 6.31. The third-order valence-electron chi connectivity index (χ3n) is 5.45. The molecule has 29 heavy (non-hydrogen) atoms. The summed E-state index contributed by atoms with van der Waals surface area (Å²) in [5, 5.41) is 11.4. The molecule has 3 aromatic rings. The van der Waals surface area contributed by atoms with Crippen LogP contribution in [0.15, 0.2) is 60.8 Å². The van der Waals surface area contributed by atoms with E-state index in [2.05, 4.69) is 34.2 Å². The van der Waals surface area contributed by atoms with Crippen molar-refractivity contribution in [3.8, 4) is 0 Å². The number of hydrogen-bond acceptors (Lipinski definition) is 3. The fraction of sp³-hybridized carbons (Fsp3) is 0.261. The second-order valence-corrected chi connectivity index (χ2v) is 7.76. The van der Waals surface area contributed by atoms with E-state index in [0.717, 1.165) is 36.1 Å². The Morgan fingerprint density at radius 3 is 2.62 bits per heavy atom. The fourth-order valence-electron chi connectivity index (χ4n) is 3.93. The molecule has 5 nitrogen and oxygen atoms in total. The molecule has 0 saturated carbocycles. The first kappa shape index (κ1) is 19.7. The van der Waals surface area contributed by atoms with Crippen LogP contribution in [-0.4, -0.2) is 58.6 Å². The average molecular weight is 410 g/mol. The van der Waals surface area contributed by atoms with Gasteiger partial charge in [-0.2, -0.15) is 0 Å². The quantitative estimate of drug-likeness (QED) is 0.638. The van der Waals surface area contributed by atoms with Gasteiger partial charge in [0.25, 0.3) is 0 Å². The highest BCUT2D eigenvalue weighted by atomic mass is 35.5. The summed E-state index contributed by atoms with van der Waals surface area (Å²) in [5.41, 5.74) is 2.86. The van der Waals surface area contributed by atoms with E-state index in [1.807, 2.05) is 41.3 Å². The third-order valence-corrected chi connectivity index (χ3v) is 5.68. The monoisotopic (exact) mass is 409 g/mol. The lowest BCUT2D eigenvalue weighted by atomic mass is 10.0. The van der Waals surface area contributed by atoms with Crippen LogP contribution in [0.1, 0.15) is 17.2 Å². The maximum Gasteiger partial charge on any atom is 0.325 e. The van der Waals surface area contributed by atoms with Gasteiger partial charge in [0, 0.05) is 60.4 Å². The van der Waals surface area contributed by atoms with Gasteiger partial charge < -0.3 is 10.1 Å². The average Bonchev–Trinajstić information content (AvgIpc) is 3.13. The fourth-order valence-corrected chi connectivity index (χ4v) is 4.10. The maximum absolute atomic E-state index is 12.1. The third kappa shape index (κ3) is 4.53. The zero-order valence-electron chi connectivity index (χ0n) is 16.1. The summed E-state index contributed by atoms with van der Waals surface area (Å²) < 4.78 is 0. The largest absolute Gasteiger partial charge is 0.480 e. The van der Waals surface area contributed by atoms with Crippen LogP contribution in [0.4, 0.5) is 0 Å². The number of aromatic nitrogens is 1. The number of piperazine rings is 1. The van der Waals surface area contributed by atoms with Crippen molar-refractivity contribution in [1.29, 1.82) is 0 Å². The Bertz CT molecular complexity index is 1010. The van der Waals surface area contributed by atoms with E-state index in [4.69, 9.17) is 11.6 Å². The lowest BCUT2D eigenvalue weighted by molar-refractivity contribution is -0.144. The summed E-state index contributed by atoms with van der Waals surface area (Å²) in [7, 11) is 0. The first-order valence-corrected chi connectivity index (χ1v) is 10.2. The lowest BCUT2D eigenvalue weighted by Gasteiger charge is -2.37. The molecule has 0 radical (unpaired) electrons. The van der Waals surface area contributed by atoms with Crippen molar-refractivity contribution in [1.82, 2.24) is 14.8 Å². The predicted molar refractivity (Wildman–Crippen MR) is 117 cm³/mol. The van der Waals surface area contributed by atoms with Crippen LogP contribution in [0.25, 0.3) is 17.0 Å². The van der Waals surface area contributed by atoms with Crippen LogP contribution in [-0.2, 0) is 4.79 Å². The molecule has 1 aliphatic rings. The lowest BCUT2D eigenvalue weighted by Crippen LogP contribution is -2.49. The minimum Gasteiger partial charge on any atom is -0.480 e. The molecular weight excluding hydrogens is 386 g/mol. The normalized spacial score (nSPS) is 17.1. The van der Waals surface area contributed by atoms with Crippen LogP contribution in [0, 0.1) is 0 Å². The van der Waals surface area contributed by atoms with Gasteiger partial charge in [-0.15, -0.1) is 0 Å². The Hall–Kier alpha value is -2.60. The van der Waals surface area contributed by atoms with Crippen LogP contribution < -0.4 is 0 Å². The number of hydrogen-bond donors (Lipinski definition) is 2. The second-order valence-electron chi connectivity index (χ2n) is 7.32. The molecule has 1 saturated heterocycles. The van der Waals surface area contributed by atoms with Crippen LogP contribution in [0.3, 0.4) is 0 Å². The van der Waals surface area contributed by atoms with Crippen molar-refractivity contribution in [3.05, 3.63) is 77.0 Å². The molecule has 0 bridgehead atoms. The van der Waals surface area contributed by atoms with Gasteiger partial charge in [0.2, 0.25) is 0 Å². The number of rotatable bonds is 6. The molecule has 1 aromatic heterocycles. The number of nitrogens with zero attached hydrogens (tertiary/aromatic N) is 2. The number of halogens is 1. The number of aliphatic carboxylic acids is 1. The van der Waals surface area contributed by atoms with Gasteiger partial charge in [-0.3, -0.25) is 14.6 Å². The SMILES string of the molecule is O=C(O)[C@H](c1c[nH]c2ccc(Cl)cc12)N1CCN(C/C=C/c2ccccc2)CC1. The van der Waals surface area contributed by atoms with Gasteiger partial charge in [-0.05, 0) is 23.8 Å². The number of carboxylic acids is 1. The number of fused-ring (bicyclic) bond motifs is 1. The minimum absolute atomic E-state index is 0.609. The van der Waals surface area contributed by atoms with E-state index in [1.54, 1.807) is 6.20 Å². The van der Waals surface area contributed by atoms with E-state index in [0.29, 0.717) is 18.1 Å². The molecular formula is C23H24ClN3O2. The number of carbonyl (C=O) groups is 1. The zero-order chi connectivity index (χ0) is 20.2. The van der Waals surface area contributed by atoms with E-state index in [9.17, 15) is 9.90 Å². The van der Waals surface area contributed by atoms with Gasteiger partial charge in [0.15, 0.2) is 0 Å². The molecule has 150 valence electrons. The summed E-state index contributed by atoms with van der Waals surface area (Å²) in [5.74, 6) is -0.830. The molecule has 4 rings (SSSR count). The molecule has 0 unspecified atom stereocenters. The Balaban J connectivity index is 1.42. The smallest absolute Gasteiger partial charge is 0.325 e. The molecule has 6 heteroatoms. The maximum atomic E-state index is 12.1. The number of aromatic amines is 1. The van der Waals surface area contributed by atoms with Crippen molar-refractivity contribution in [2.45, 2.75) is 6.04 Å². The van der Waals surface area contributed by atoms with Crippen molar-refractivity contribution < 1.29 is 9.90 Å². The Kier molecular flexibility index (Phi) is 6.00. The van der Waals surface area contributed by atoms with E-state index < -0.39 is 12.0 Å². The summed E-state index contributed by atoms with van der Waals surface area (Å²) in [4.78, 5) is 19.7. The van der Waals surface area contributed by atoms with Gasteiger partial charge >= 0.3 is 5.97 Å². The van der Waals surface area contributed by atoms with Gasteiger partial charge in [0.1, 0.15) is 6.04 Å². The van der Waals surface area contributed by atoms with Gasteiger partial charge in [0.05, 0.1) is 0 Å². The number of nitrogens with one attached hydrogen (secondary N) is 1. The number of benzene rings is 2. The topological polar surface area (TPSA) is 59.6 Å². The summed E-state index contributed by atoms with van der Waals surface area (Å²) in [6.07, 6.45) is 6.10. The Morgan fingerprint density at radius 1 is 1.14 bits per heavy atom. The van der Waals surface area contributed by atoms with E-state index in [1.165, 1.54) is 5.56 Å². The van der Waals surface area contributed by atoms with Crippen LogP contribution >= 0.6 is 11.6 Å². The van der Waals surface area contributed by atoms with Crippen molar-refractivity contribution >= 4 is 34.5 Å². The van der Waals surface area contributed by atoms with Crippen molar-refractivity contribution in [2.24, 2.45) is 0 Å². The zero-order valence-corrected chi connectivity index (χ0v) is 16.8. The van der Waals surface area contributed by atoms with Crippen molar-refractivity contribution in [3.63, 3.8) is 0 Å². The predicted octanol–water partition coefficient (Wildman–Crippen LogP) is 4.28. The van der Waals surface area contributed by atoms with Crippen LogP contribution in [0.2, 0.25) is 5.02 Å². The highest BCUT2D eigenvalue weighted by Crippen LogP contribution is 2.31. The van der Waals surface area contributed by atoms with Crippen LogP contribution in [0.5, 0.6) is 0 Å². The molecule has 1 atom stereocenters. The Labute approximate surface area is 175 Å². The molecule has 2 heterocycles. The van der Waals surface area contributed by atoms with Gasteiger partial charge in [-0.1, -0.05) is 54.1 Å². The molecule has 2 aromatic carbocycles. The van der Waals surface area contributed by atoms with Gasteiger partial charge in [-0.25, -0.2) is 0 Å². The molecule has 2 N–H and O–H groups in total. The van der Waals surface area contributed by atoms with Crippen molar-refractivity contribution in [2.75, 3.05) is 32.7 Å². The molecule has 1 fully saturated rings. The molecule has 0 aliphatic carbocycles. The molecule has 1 aliphatic heterocycles. The standard InChI is InChI=1S/C23H24ClN3O2/c24-18-8-9-21-19(15-18)20(16-25-21)22(23(28)29)27-13-11-26(12-14-27)10-4-7-17-5-2-1-3-6-17/h1-9,15-16,22,25H,10-14H2,(H,28,29)/b7-4+/t22-/m0/s1. The van der Waals surface area contributed by atoms with E-state index >= 15 is 0 Å². The molecule has 0 amide bonds.